The Hall–Kier alpha value is -6.52. The molecule has 0 radical (unpaired) electrons. The average molecular weight is 621 g/mol. The number of benzene rings is 8. The summed E-state index contributed by atoms with van der Waals surface area (Å²) in [6.07, 6.45) is 0. The smallest absolute Gasteiger partial charge is 0.135 e. The molecule has 48 heavy (non-hydrogen) atoms. The lowest BCUT2D eigenvalue weighted by atomic mass is 9.92. The summed E-state index contributed by atoms with van der Waals surface area (Å²) in [5.74, 6) is 0. The van der Waals surface area contributed by atoms with E-state index in [1.807, 2.05) is 97.1 Å². The normalized spacial score (nSPS) is 11.3. The number of hydrogen-bond donors (Lipinski definition) is 0. The highest BCUT2D eigenvalue weighted by Crippen LogP contribution is 2.39. The quantitative estimate of drug-likeness (QED) is 0.158. The SMILES string of the molecule is c1cc2cc(c1)oc1ccccc1c1c3ccccc3c(c3ccccc3oc3cccc(c3)oc3ccc(cc3)o2)c2ccccc21. The van der Waals surface area contributed by atoms with Gasteiger partial charge in [0.05, 0.1) is 0 Å². The van der Waals surface area contributed by atoms with Gasteiger partial charge in [-0.25, -0.2) is 0 Å². The highest BCUT2D eigenvalue weighted by molar-refractivity contribution is 6.33. The van der Waals surface area contributed by atoms with E-state index in [2.05, 4.69) is 72.8 Å². The predicted molar refractivity (Wildman–Crippen MR) is 197 cm³/mol. The topological polar surface area (TPSA) is 52.6 Å². The van der Waals surface area contributed by atoms with E-state index in [1.165, 1.54) is 0 Å². The first-order chi connectivity index (χ1) is 23.8. The maximum absolute atomic E-state index is 6.65. The second kappa shape index (κ2) is 11.7. The van der Waals surface area contributed by atoms with Crippen molar-refractivity contribution < 1.29 is 17.7 Å². The van der Waals surface area contributed by atoms with Crippen LogP contribution in [0.5, 0.6) is 0 Å². The molecular weight excluding hydrogens is 592 g/mol. The van der Waals surface area contributed by atoms with E-state index in [9.17, 15) is 0 Å². The minimum atomic E-state index is 0.671. The second-order valence-electron chi connectivity index (χ2n) is 11.7. The van der Waals surface area contributed by atoms with Crippen molar-refractivity contribution in [2.24, 2.45) is 0 Å². The minimum Gasteiger partial charge on any atom is -0.457 e. The summed E-state index contributed by atoms with van der Waals surface area (Å²) in [4.78, 5) is 0. The van der Waals surface area contributed by atoms with Gasteiger partial charge in [-0.3, -0.25) is 0 Å². The van der Waals surface area contributed by atoms with E-state index in [0.717, 1.165) is 54.3 Å². The van der Waals surface area contributed by atoms with Crippen LogP contribution < -0.4 is 0 Å². The molecule has 0 amide bonds. The molecule has 0 fully saturated rings. The van der Waals surface area contributed by atoms with Gasteiger partial charge in [0.1, 0.15) is 44.7 Å². The highest BCUT2D eigenvalue weighted by atomic mass is 16.3. The lowest BCUT2D eigenvalue weighted by Gasteiger charge is -2.12. The fourth-order valence-electron chi connectivity index (χ4n) is 6.54. The first-order valence-electron chi connectivity index (χ1n) is 15.9. The molecule has 12 rings (SSSR count). The van der Waals surface area contributed by atoms with Crippen LogP contribution in [0.15, 0.2) is 188 Å². The van der Waals surface area contributed by atoms with Gasteiger partial charge in [0, 0.05) is 33.7 Å². The summed E-state index contributed by atoms with van der Waals surface area (Å²) in [5, 5.41) is 8.70. The standard InChI is InChI=1S/C44H28O4/c1-2-16-36-35(15-1)43-37-17-3-4-18-38(37)44(36)40-20-6-8-22-42(40)48-34-14-10-12-32(28-34)46-30-25-23-29(24-26-30)45-31-11-9-13-33(27-31)47-41-21-7-5-19-39(41)43/h1-28H. The molecule has 0 saturated carbocycles. The summed E-state index contributed by atoms with van der Waals surface area (Å²) < 4.78 is 25.8. The van der Waals surface area contributed by atoms with Crippen molar-refractivity contribution in [1.29, 1.82) is 0 Å². The molecule has 0 atom stereocenters. The molecule has 8 bridgehead atoms. The van der Waals surface area contributed by atoms with Crippen LogP contribution in [0.2, 0.25) is 0 Å². The number of para-hydroxylation sites is 2. The van der Waals surface area contributed by atoms with Crippen LogP contribution in [0.1, 0.15) is 0 Å². The Morgan fingerprint density at radius 2 is 0.542 bits per heavy atom. The van der Waals surface area contributed by atoms with Gasteiger partial charge in [-0.2, -0.15) is 0 Å². The zero-order valence-electron chi connectivity index (χ0n) is 25.8. The Kier molecular flexibility index (Phi) is 6.76. The van der Waals surface area contributed by atoms with E-state index in [-0.39, 0.29) is 0 Å². The second-order valence-corrected chi connectivity index (χ2v) is 11.7. The van der Waals surface area contributed by atoms with Crippen molar-refractivity contribution in [2.45, 2.75) is 0 Å². The minimum absolute atomic E-state index is 0.671. The van der Waals surface area contributed by atoms with Crippen LogP contribution in [0.3, 0.4) is 0 Å². The van der Waals surface area contributed by atoms with Gasteiger partial charge in [-0.15, -0.1) is 0 Å². The Labute approximate surface area is 274 Å². The van der Waals surface area contributed by atoms with Crippen LogP contribution in [-0.4, -0.2) is 0 Å². The van der Waals surface area contributed by atoms with Gasteiger partial charge in [0.25, 0.3) is 0 Å². The van der Waals surface area contributed by atoms with E-state index in [1.54, 1.807) is 0 Å². The van der Waals surface area contributed by atoms with Crippen LogP contribution in [0, 0.1) is 0 Å². The van der Waals surface area contributed by atoms with Gasteiger partial charge < -0.3 is 17.7 Å². The lowest BCUT2D eigenvalue weighted by molar-refractivity contribution is 0.636. The van der Waals surface area contributed by atoms with Crippen LogP contribution >= 0.6 is 0 Å². The molecule has 4 heteroatoms. The molecule has 0 aliphatic carbocycles. The Balaban J connectivity index is 1.56. The summed E-state index contributed by atoms with van der Waals surface area (Å²) in [5.41, 5.74) is 5.59. The molecule has 228 valence electrons. The molecule has 4 heterocycles. The van der Waals surface area contributed by atoms with Gasteiger partial charge in [0.15, 0.2) is 0 Å². The molecule has 4 aromatic heterocycles. The monoisotopic (exact) mass is 620 g/mol. The van der Waals surface area contributed by atoms with E-state index in [0.29, 0.717) is 33.5 Å². The zero-order valence-corrected chi connectivity index (χ0v) is 25.8. The highest BCUT2D eigenvalue weighted by Gasteiger charge is 2.12. The summed E-state index contributed by atoms with van der Waals surface area (Å²) >= 11 is 0. The van der Waals surface area contributed by atoms with Gasteiger partial charge in [-0.05, 0) is 82.2 Å². The molecule has 4 nitrogen and oxygen atoms in total. The number of rotatable bonds is 0. The molecule has 8 aromatic carbocycles. The Bertz CT molecular complexity index is 2640. The van der Waals surface area contributed by atoms with Crippen molar-refractivity contribution in [1.82, 2.24) is 0 Å². The average Bonchev–Trinajstić information content (AvgIpc) is 3.12. The fraction of sp³-hybridized carbons (Fsp3) is 0. The van der Waals surface area contributed by atoms with E-state index in [4.69, 9.17) is 17.7 Å². The van der Waals surface area contributed by atoms with Gasteiger partial charge in [0.2, 0.25) is 0 Å². The van der Waals surface area contributed by atoms with Crippen molar-refractivity contribution >= 4 is 87.8 Å². The van der Waals surface area contributed by atoms with Gasteiger partial charge in [-0.1, -0.05) is 97.1 Å². The van der Waals surface area contributed by atoms with Crippen LogP contribution in [0.25, 0.3) is 87.8 Å². The van der Waals surface area contributed by atoms with E-state index < -0.39 is 0 Å². The molecular formula is C44H28O4. The summed E-state index contributed by atoms with van der Waals surface area (Å²) in [6, 6.07) is 56.6. The van der Waals surface area contributed by atoms with Crippen molar-refractivity contribution in [3.05, 3.63) is 170 Å². The first kappa shape index (κ1) is 27.8. The maximum Gasteiger partial charge on any atom is 0.135 e. The molecule has 0 aliphatic rings. The molecule has 12 aromatic rings. The maximum atomic E-state index is 6.65. The Morgan fingerprint density at radius 3 is 0.917 bits per heavy atom. The van der Waals surface area contributed by atoms with Crippen molar-refractivity contribution in [2.75, 3.05) is 0 Å². The molecule has 0 unspecified atom stereocenters. The fourth-order valence-corrected chi connectivity index (χ4v) is 6.54. The third-order valence-corrected chi connectivity index (χ3v) is 8.61. The molecule has 0 aliphatic heterocycles. The summed E-state index contributed by atoms with van der Waals surface area (Å²) in [6.45, 7) is 0. The number of hydrogen-bond acceptors (Lipinski definition) is 4. The third-order valence-electron chi connectivity index (χ3n) is 8.61. The largest absolute Gasteiger partial charge is 0.457 e. The van der Waals surface area contributed by atoms with Crippen molar-refractivity contribution in [3.63, 3.8) is 0 Å². The van der Waals surface area contributed by atoms with Gasteiger partial charge >= 0.3 is 0 Å². The van der Waals surface area contributed by atoms with Crippen molar-refractivity contribution in [3.8, 4) is 0 Å². The molecule has 0 N–H and O–H groups in total. The van der Waals surface area contributed by atoms with E-state index >= 15 is 0 Å². The molecule has 0 saturated heterocycles. The predicted octanol–water partition coefficient (Wildman–Crippen LogP) is 13.2. The Morgan fingerprint density at radius 1 is 0.229 bits per heavy atom. The van der Waals surface area contributed by atoms with Crippen LogP contribution in [0.4, 0.5) is 0 Å². The lowest BCUT2D eigenvalue weighted by Crippen LogP contribution is -1.84. The van der Waals surface area contributed by atoms with Crippen LogP contribution in [-0.2, 0) is 0 Å². The zero-order chi connectivity index (χ0) is 31.9. The first-order valence-corrected chi connectivity index (χ1v) is 15.9. The molecule has 0 spiro atoms. The summed E-state index contributed by atoms with van der Waals surface area (Å²) in [7, 11) is 0. The third kappa shape index (κ3) is 5.06.